The van der Waals surface area contributed by atoms with Gasteiger partial charge >= 0.3 is 0 Å². The predicted octanol–water partition coefficient (Wildman–Crippen LogP) is 2.44. The quantitative estimate of drug-likeness (QED) is 0.714. The fraction of sp³-hybridized carbons (Fsp3) is 0.364. The highest BCUT2D eigenvalue weighted by Gasteiger charge is 2.19. The Labute approximate surface area is 88.9 Å². The first-order chi connectivity index (χ1) is 6.79. The minimum atomic E-state index is 0.336. The highest BCUT2D eigenvalue weighted by atomic mass is 32.1. The van der Waals surface area contributed by atoms with Crippen molar-refractivity contribution in [1.29, 1.82) is 5.26 Å². The molecule has 3 heteroatoms. The van der Waals surface area contributed by atoms with Gasteiger partial charge in [-0.25, -0.2) is 0 Å². The van der Waals surface area contributed by atoms with E-state index < -0.39 is 0 Å². The average Bonchev–Trinajstić information content (AvgIpc) is 2.17. The number of thiol groups is 1. The van der Waals surface area contributed by atoms with E-state index in [2.05, 4.69) is 18.7 Å². The first-order valence-corrected chi connectivity index (χ1v) is 5.06. The molecule has 0 saturated heterocycles. The molecular formula is C11H11NOS. The van der Waals surface area contributed by atoms with E-state index in [-0.39, 0.29) is 0 Å². The Morgan fingerprint density at radius 3 is 3.21 bits per heavy atom. The van der Waals surface area contributed by atoms with Crippen LogP contribution in [-0.2, 0) is 6.42 Å². The Hall–Kier alpha value is -1.14. The van der Waals surface area contributed by atoms with E-state index in [9.17, 15) is 0 Å². The van der Waals surface area contributed by atoms with Gasteiger partial charge in [-0.2, -0.15) is 5.26 Å². The van der Waals surface area contributed by atoms with Crippen LogP contribution < -0.4 is 4.74 Å². The van der Waals surface area contributed by atoms with Crippen LogP contribution in [0.25, 0.3) is 0 Å². The molecule has 0 aliphatic carbocycles. The molecule has 0 amide bonds. The third-order valence-corrected chi connectivity index (χ3v) is 2.69. The van der Waals surface area contributed by atoms with Gasteiger partial charge < -0.3 is 4.74 Å². The van der Waals surface area contributed by atoms with Crippen LogP contribution in [0.1, 0.15) is 12.0 Å². The molecule has 0 fully saturated rings. The maximum absolute atomic E-state index is 8.60. The van der Waals surface area contributed by atoms with Gasteiger partial charge in [0.25, 0.3) is 0 Å². The molecule has 14 heavy (non-hydrogen) atoms. The minimum absolute atomic E-state index is 0.336. The Balaban J connectivity index is 2.21. The summed E-state index contributed by atoms with van der Waals surface area (Å²) in [7, 11) is 0. The SMILES string of the molecule is N#CCC1COc2ccc(S)cc2C1. The number of ether oxygens (including phenoxy) is 1. The fourth-order valence-electron chi connectivity index (χ4n) is 1.70. The molecule has 0 aromatic heterocycles. The minimum Gasteiger partial charge on any atom is -0.493 e. The number of rotatable bonds is 1. The van der Waals surface area contributed by atoms with Crippen molar-refractivity contribution in [3.05, 3.63) is 23.8 Å². The number of nitrogens with zero attached hydrogens (tertiary/aromatic N) is 1. The largest absolute Gasteiger partial charge is 0.493 e. The zero-order valence-electron chi connectivity index (χ0n) is 7.73. The molecule has 1 aliphatic heterocycles. The van der Waals surface area contributed by atoms with Crippen LogP contribution >= 0.6 is 12.6 Å². The first-order valence-electron chi connectivity index (χ1n) is 4.61. The van der Waals surface area contributed by atoms with Gasteiger partial charge in [-0.05, 0) is 30.2 Å². The van der Waals surface area contributed by atoms with E-state index in [1.165, 1.54) is 5.56 Å². The lowest BCUT2D eigenvalue weighted by molar-refractivity contribution is 0.224. The monoisotopic (exact) mass is 205 g/mol. The van der Waals surface area contributed by atoms with E-state index in [0.717, 1.165) is 17.1 Å². The summed E-state index contributed by atoms with van der Waals surface area (Å²) in [6.07, 6.45) is 1.49. The zero-order chi connectivity index (χ0) is 9.97. The van der Waals surface area contributed by atoms with E-state index in [0.29, 0.717) is 18.9 Å². The van der Waals surface area contributed by atoms with Crippen molar-refractivity contribution in [1.82, 2.24) is 0 Å². The fourth-order valence-corrected chi connectivity index (χ4v) is 1.93. The Morgan fingerprint density at radius 1 is 1.57 bits per heavy atom. The van der Waals surface area contributed by atoms with Crippen molar-refractivity contribution in [2.75, 3.05) is 6.61 Å². The second-order valence-corrected chi connectivity index (χ2v) is 4.05. The number of hydrogen-bond acceptors (Lipinski definition) is 3. The molecule has 1 aromatic rings. The summed E-state index contributed by atoms with van der Waals surface area (Å²) in [6.45, 7) is 0.659. The number of benzene rings is 1. The molecule has 1 heterocycles. The van der Waals surface area contributed by atoms with Gasteiger partial charge in [-0.15, -0.1) is 12.6 Å². The molecule has 0 spiro atoms. The summed E-state index contributed by atoms with van der Waals surface area (Å²) in [5, 5.41) is 8.60. The molecule has 0 saturated carbocycles. The summed E-state index contributed by atoms with van der Waals surface area (Å²) < 4.78 is 5.56. The highest BCUT2D eigenvalue weighted by molar-refractivity contribution is 7.80. The van der Waals surface area contributed by atoms with Crippen molar-refractivity contribution < 1.29 is 4.74 Å². The van der Waals surface area contributed by atoms with Crippen molar-refractivity contribution >= 4 is 12.6 Å². The number of nitriles is 1. The van der Waals surface area contributed by atoms with Crippen molar-refractivity contribution in [2.24, 2.45) is 5.92 Å². The Bertz CT molecular complexity index is 383. The Morgan fingerprint density at radius 2 is 2.43 bits per heavy atom. The maximum Gasteiger partial charge on any atom is 0.122 e. The van der Waals surface area contributed by atoms with Crippen LogP contribution in [0, 0.1) is 17.2 Å². The first kappa shape index (κ1) is 9.42. The van der Waals surface area contributed by atoms with Gasteiger partial charge in [0.05, 0.1) is 12.7 Å². The van der Waals surface area contributed by atoms with Gasteiger partial charge in [-0.1, -0.05) is 0 Å². The third-order valence-electron chi connectivity index (χ3n) is 2.41. The van der Waals surface area contributed by atoms with Crippen LogP contribution in [0.15, 0.2) is 23.1 Å². The van der Waals surface area contributed by atoms with Gasteiger partial charge in [0, 0.05) is 17.2 Å². The predicted molar refractivity (Wildman–Crippen MR) is 56.6 cm³/mol. The second kappa shape index (κ2) is 3.93. The van der Waals surface area contributed by atoms with E-state index in [1.807, 2.05) is 18.2 Å². The summed E-state index contributed by atoms with van der Waals surface area (Å²) in [4.78, 5) is 0.949. The van der Waals surface area contributed by atoms with Gasteiger partial charge in [-0.3, -0.25) is 0 Å². The lowest BCUT2D eigenvalue weighted by atomic mass is 9.95. The van der Waals surface area contributed by atoms with Crippen LogP contribution in [0.4, 0.5) is 0 Å². The average molecular weight is 205 g/mol. The van der Waals surface area contributed by atoms with E-state index >= 15 is 0 Å². The Kier molecular flexibility index (Phi) is 2.64. The van der Waals surface area contributed by atoms with Crippen molar-refractivity contribution in [3.63, 3.8) is 0 Å². The summed E-state index contributed by atoms with van der Waals surface area (Å²) in [5.74, 6) is 1.28. The second-order valence-electron chi connectivity index (χ2n) is 3.54. The normalized spacial score (nSPS) is 19.3. The van der Waals surface area contributed by atoms with Gasteiger partial charge in [0.15, 0.2) is 0 Å². The third kappa shape index (κ3) is 1.85. The number of hydrogen-bond donors (Lipinski definition) is 1. The topological polar surface area (TPSA) is 33.0 Å². The molecule has 72 valence electrons. The van der Waals surface area contributed by atoms with Crippen molar-refractivity contribution in [3.8, 4) is 11.8 Å². The molecule has 2 nitrogen and oxygen atoms in total. The van der Waals surface area contributed by atoms with Gasteiger partial charge in [0.2, 0.25) is 0 Å². The standard InChI is InChI=1S/C11H11NOS/c12-4-3-8-5-9-6-10(14)1-2-11(9)13-7-8/h1-2,6,8,14H,3,5,7H2. The smallest absolute Gasteiger partial charge is 0.122 e. The molecule has 0 bridgehead atoms. The molecule has 1 unspecified atom stereocenters. The molecular weight excluding hydrogens is 194 g/mol. The molecule has 1 aliphatic rings. The highest BCUT2D eigenvalue weighted by Crippen LogP contribution is 2.30. The zero-order valence-corrected chi connectivity index (χ0v) is 8.63. The van der Waals surface area contributed by atoms with E-state index in [1.54, 1.807) is 0 Å². The molecule has 1 atom stereocenters. The van der Waals surface area contributed by atoms with Gasteiger partial charge in [0.1, 0.15) is 5.75 Å². The van der Waals surface area contributed by atoms with E-state index in [4.69, 9.17) is 10.00 Å². The van der Waals surface area contributed by atoms with Crippen molar-refractivity contribution in [2.45, 2.75) is 17.7 Å². The molecule has 0 N–H and O–H groups in total. The van der Waals surface area contributed by atoms with Crippen LogP contribution in [0.5, 0.6) is 5.75 Å². The summed E-state index contributed by atoms with van der Waals surface area (Å²) in [6, 6.07) is 8.07. The van der Waals surface area contributed by atoms with Crippen LogP contribution in [-0.4, -0.2) is 6.61 Å². The molecule has 1 aromatic carbocycles. The summed E-state index contributed by atoms with van der Waals surface area (Å²) in [5.41, 5.74) is 1.17. The van der Waals surface area contributed by atoms with Crippen LogP contribution in [0.2, 0.25) is 0 Å². The maximum atomic E-state index is 8.60. The lowest BCUT2D eigenvalue weighted by Gasteiger charge is -2.23. The lowest BCUT2D eigenvalue weighted by Crippen LogP contribution is -2.20. The number of fused-ring (bicyclic) bond motifs is 1. The molecule has 2 rings (SSSR count). The summed E-state index contributed by atoms with van der Waals surface area (Å²) >= 11 is 4.28. The van der Waals surface area contributed by atoms with Crippen LogP contribution in [0.3, 0.4) is 0 Å². The molecule has 0 radical (unpaired) electrons.